The molecule has 1 saturated heterocycles. The van der Waals surface area contributed by atoms with Crippen molar-refractivity contribution in [1.82, 2.24) is 9.55 Å². The van der Waals surface area contributed by atoms with Crippen molar-refractivity contribution in [1.29, 1.82) is 0 Å². The van der Waals surface area contributed by atoms with E-state index in [-0.39, 0.29) is 17.6 Å². The van der Waals surface area contributed by atoms with Crippen molar-refractivity contribution < 1.29 is 14.3 Å². The molecule has 3 aliphatic rings. The molecule has 0 bridgehead atoms. The number of halogens is 1. The molecule has 172 valence electrons. The molecular formula is C25H32BrN3O3. The van der Waals surface area contributed by atoms with Gasteiger partial charge in [0, 0.05) is 41.6 Å². The first-order chi connectivity index (χ1) is 15.2. The Kier molecular flexibility index (Phi) is 5.50. The van der Waals surface area contributed by atoms with Gasteiger partial charge in [-0.3, -0.25) is 9.69 Å². The van der Waals surface area contributed by atoms with Gasteiger partial charge in [0.1, 0.15) is 11.5 Å². The van der Waals surface area contributed by atoms with Crippen LogP contribution in [0, 0.1) is 5.41 Å². The molecule has 2 aliphatic heterocycles. The fourth-order valence-electron chi connectivity index (χ4n) is 5.49. The summed E-state index contributed by atoms with van der Waals surface area (Å²) in [5.41, 5.74) is 3.92. The maximum atomic E-state index is 13.6. The Labute approximate surface area is 198 Å². The second kappa shape index (κ2) is 7.96. The Balaban J connectivity index is 1.48. The highest BCUT2D eigenvalue weighted by atomic mass is 79.9. The highest BCUT2D eigenvalue weighted by molar-refractivity contribution is 9.10. The zero-order valence-electron chi connectivity index (χ0n) is 19.4. The van der Waals surface area contributed by atoms with Crippen molar-refractivity contribution in [2.24, 2.45) is 5.41 Å². The third kappa shape index (κ3) is 3.82. The number of ether oxygens (including phenoxy) is 2. The number of aromatic nitrogens is 2. The predicted octanol–water partition coefficient (Wildman–Crippen LogP) is 5.21. The van der Waals surface area contributed by atoms with E-state index >= 15 is 0 Å². The number of carbonyl (C=O) groups excluding carboxylic acids is 1. The van der Waals surface area contributed by atoms with E-state index in [1.165, 1.54) is 11.3 Å². The van der Waals surface area contributed by atoms with Crippen molar-refractivity contribution in [3.8, 4) is 0 Å². The van der Waals surface area contributed by atoms with Gasteiger partial charge in [0.2, 0.25) is 0 Å². The van der Waals surface area contributed by atoms with Crippen LogP contribution in [0.4, 0.5) is 5.82 Å². The van der Waals surface area contributed by atoms with Crippen LogP contribution >= 0.6 is 15.9 Å². The lowest BCUT2D eigenvalue weighted by molar-refractivity contribution is -0.219. The van der Waals surface area contributed by atoms with E-state index in [9.17, 15) is 4.79 Å². The normalized spacial score (nSPS) is 22.7. The molecule has 0 radical (unpaired) electrons. The Bertz CT molecular complexity index is 1050. The van der Waals surface area contributed by atoms with E-state index in [0.717, 1.165) is 61.0 Å². The van der Waals surface area contributed by atoms with E-state index in [4.69, 9.17) is 9.47 Å². The van der Waals surface area contributed by atoms with E-state index in [1.807, 2.05) is 24.8 Å². The average molecular weight is 502 g/mol. The summed E-state index contributed by atoms with van der Waals surface area (Å²) < 4.78 is 15.4. The summed E-state index contributed by atoms with van der Waals surface area (Å²) in [6.45, 7) is 10.8. The van der Waals surface area contributed by atoms with Gasteiger partial charge < -0.3 is 14.0 Å². The van der Waals surface area contributed by atoms with Gasteiger partial charge in [-0.15, -0.1) is 0 Å². The summed E-state index contributed by atoms with van der Waals surface area (Å²) in [7, 11) is 0. The van der Waals surface area contributed by atoms with Crippen molar-refractivity contribution >= 4 is 27.7 Å². The number of hydrogen-bond donors (Lipinski definition) is 0. The second-order valence-electron chi connectivity index (χ2n) is 10.5. The molecule has 0 aromatic carbocycles. The molecular weight excluding hydrogens is 470 g/mol. The summed E-state index contributed by atoms with van der Waals surface area (Å²) in [4.78, 5) is 20.1. The maximum absolute atomic E-state index is 13.6. The van der Waals surface area contributed by atoms with Crippen molar-refractivity contribution in [2.45, 2.75) is 78.2 Å². The fraction of sp³-hybridized carbons (Fsp3) is 0.600. The molecule has 0 saturated carbocycles. The summed E-state index contributed by atoms with van der Waals surface area (Å²) >= 11 is 3.71. The zero-order valence-corrected chi connectivity index (χ0v) is 21.0. The molecule has 5 rings (SSSR count). The minimum absolute atomic E-state index is 0.0139. The minimum Gasteiger partial charge on any atom is -0.353 e. The van der Waals surface area contributed by atoms with Gasteiger partial charge in [-0.05, 0) is 69.1 Å². The second-order valence-corrected chi connectivity index (χ2v) is 11.4. The molecule has 32 heavy (non-hydrogen) atoms. The first kappa shape index (κ1) is 22.1. The molecule has 6 nitrogen and oxygen atoms in total. The van der Waals surface area contributed by atoms with Crippen molar-refractivity contribution in [3.63, 3.8) is 0 Å². The number of carbonyl (C=O) groups is 1. The molecule has 1 amide bonds. The first-order valence-corrected chi connectivity index (χ1v) is 12.4. The Morgan fingerprint density at radius 3 is 2.81 bits per heavy atom. The first-order valence-electron chi connectivity index (χ1n) is 11.6. The maximum Gasteiger partial charge on any atom is 0.276 e. The van der Waals surface area contributed by atoms with Gasteiger partial charge in [-0.25, -0.2) is 4.98 Å². The smallest absolute Gasteiger partial charge is 0.276 e. The minimum atomic E-state index is -0.671. The van der Waals surface area contributed by atoms with Gasteiger partial charge in [0.05, 0.1) is 5.60 Å². The SMILES string of the molecule is CC1(C)Cc2cc3n(c2C1)CCN(c1nccc(Br)c1C(C)(C)OC1CCCCO1)C3=O. The van der Waals surface area contributed by atoms with E-state index in [0.29, 0.717) is 12.4 Å². The number of anilines is 1. The molecule has 0 spiro atoms. The van der Waals surface area contributed by atoms with Crippen LogP contribution in [0.15, 0.2) is 22.8 Å². The Morgan fingerprint density at radius 1 is 1.25 bits per heavy atom. The molecule has 1 atom stereocenters. The lowest BCUT2D eigenvalue weighted by Gasteiger charge is -2.37. The van der Waals surface area contributed by atoms with Crippen LogP contribution in [0.25, 0.3) is 0 Å². The van der Waals surface area contributed by atoms with E-state index in [1.54, 1.807) is 6.20 Å². The highest BCUT2D eigenvalue weighted by Crippen LogP contribution is 2.42. The van der Waals surface area contributed by atoms with Crippen LogP contribution in [0.1, 0.15) is 74.3 Å². The molecule has 2 aromatic heterocycles. The van der Waals surface area contributed by atoms with Crippen LogP contribution in [-0.4, -0.2) is 34.9 Å². The third-order valence-corrected chi connectivity index (χ3v) is 7.59. The van der Waals surface area contributed by atoms with Gasteiger partial charge in [0.25, 0.3) is 5.91 Å². The summed E-state index contributed by atoms with van der Waals surface area (Å²) in [6.07, 6.45) is 6.63. The van der Waals surface area contributed by atoms with Gasteiger partial charge in [-0.2, -0.15) is 0 Å². The van der Waals surface area contributed by atoms with Gasteiger partial charge in [-0.1, -0.05) is 29.8 Å². The summed E-state index contributed by atoms with van der Waals surface area (Å²) in [5.74, 6) is 0.679. The number of rotatable bonds is 4. The number of nitrogens with zero attached hydrogens (tertiary/aromatic N) is 3. The topological polar surface area (TPSA) is 56.6 Å². The third-order valence-electron chi connectivity index (χ3n) is 6.93. The lowest BCUT2D eigenvalue weighted by atomic mass is 9.90. The highest BCUT2D eigenvalue weighted by Gasteiger charge is 2.40. The Hall–Kier alpha value is -1.70. The predicted molar refractivity (Wildman–Crippen MR) is 127 cm³/mol. The van der Waals surface area contributed by atoms with Crippen molar-refractivity contribution in [3.05, 3.63) is 45.3 Å². The van der Waals surface area contributed by atoms with E-state index < -0.39 is 5.60 Å². The van der Waals surface area contributed by atoms with Crippen LogP contribution in [0.5, 0.6) is 0 Å². The Morgan fingerprint density at radius 2 is 2.06 bits per heavy atom. The van der Waals surface area contributed by atoms with Gasteiger partial charge in [0.15, 0.2) is 6.29 Å². The number of hydrogen-bond acceptors (Lipinski definition) is 4. The number of fused-ring (bicyclic) bond motifs is 3. The largest absolute Gasteiger partial charge is 0.353 e. The van der Waals surface area contributed by atoms with Crippen molar-refractivity contribution in [2.75, 3.05) is 18.1 Å². The summed E-state index contributed by atoms with van der Waals surface area (Å²) in [5, 5.41) is 0. The number of amides is 1. The quantitative estimate of drug-likeness (QED) is 0.576. The molecule has 1 fully saturated rings. The van der Waals surface area contributed by atoms with Crippen LogP contribution in [0.3, 0.4) is 0 Å². The molecule has 0 N–H and O–H groups in total. The number of pyridine rings is 1. The molecule has 1 unspecified atom stereocenters. The fourth-order valence-corrected chi connectivity index (χ4v) is 6.27. The molecule has 2 aromatic rings. The van der Waals surface area contributed by atoms with Crippen LogP contribution < -0.4 is 4.90 Å². The van der Waals surface area contributed by atoms with Crippen LogP contribution in [0.2, 0.25) is 0 Å². The monoisotopic (exact) mass is 501 g/mol. The standard InChI is InChI=1S/C25H32BrN3O3/c1-24(2)14-16-13-18-23(30)29(11-10-28(18)19(16)15-24)22-21(17(26)8-9-27-22)25(3,4)32-20-7-5-6-12-31-20/h8-9,13,20H,5-7,10-12,14-15H2,1-4H3. The average Bonchev–Trinajstić information content (AvgIpc) is 3.21. The van der Waals surface area contributed by atoms with Crippen LogP contribution in [-0.2, 0) is 34.5 Å². The zero-order chi connectivity index (χ0) is 22.7. The molecule has 7 heteroatoms. The lowest BCUT2D eigenvalue weighted by Crippen LogP contribution is -2.43. The summed E-state index contributed by atoms with van der Waals surface area (Å²) in [6, 6.07) is 4.02. The van der Waals surface area contributed by atoms with E-state index in [2.05, 4.69) is 45.4 Å². The van der Waals surface area contributed by atoms with Gasteiger partial charge >= 0.3 is 0 Å². The molecule has 1 aliphatic carbocycles. The molecule has 4 heterocycles.